The number of aromatic nitrogens is 3. The summed E-state index contributed by atoms with van der Waals surface area (Å²) in [5, 5.41) is 0. The molecule has 0 aliphatic carbocycles. The Hall–Kier alpha value is -5.87. The molecule has 0 saturated carbocycles. The molecule has 4 heteroatoms. The van der Waals surface area contributed by atoms with Crippen molar-refractivity contribution in [1.82, 2.24) is 15.0 Å². The van der Waals surface area contributed by atoms with E-state index in [1.807, 2.05) is 72.8 Å². The number of rotatable bonds is 5. The largest absolute Gasteiger partial charge is 0.457 e. The predicted octanol–water partition coefficient (Wildman–Crippen LogP) is 9.36. The third kappa shape index (κ3) is 4.19. The highest BCUT2D eigenvalue weighted by atomic mass is 16.5. The van der Waals surface area contributed by atoms with Crippen LogP contribution in [0.4, 0.5) is 0 Å². The topological polar surface area (TPSA) is 47.9 Å². The summed E-state index contributed by atoms with van der Waals surface area (Å²) >= 11 is 0. The van der Waals surface area contributed by atoms with Crippen LogP contribution in [0.3, 0.4) is 0 Å². The average molecular weight is 566 g/mol. The van der Waals surface area contributed by atoms with E-state index in [-0.39, 0.29) is 0 Å². The molecule has 1 aliphatic heterocycles. The highest BCUT2D eigenvalue weighted by molar-refractivity contribution is 5.77. The minimum absolute atomic E-state index is 0.616. The third-order valence-corrected chi connectivity index (χ3v) is 8.28. The second-order valence-corrected chi connectivity index (χ2v) is 10.8. The van der Waals surface area contributed by atoms with Crippen LogP contribution in [0.2, 0.25) is 0 Å². The fourth-order valence-electron chi connectivity index (χ4n) is 6.37. The van der Waals surface area contributed by atoms with Gasteiger partial charge in [0.1, 0.15) is 11.5 Å². The van der Waals surface area contributed by atoms with Gasteiger partial charge in [0.15, 0.2) is 17.5 Å². The van der Waals surface area contributed by atoms with Crippen LogP contribution in [0.25, 0.3) is 34.2 Å². The van der Waals surface area contributed by atoms with Crippen molar-refractivity contribution in [3.8, 4) is 45.7 Å². The van der Waals surface area contributed by atoms with Crippen LogP contribution in [0.1, 0.15) is 22.3 Å². The Balaban J connectivity index is 1.47. The van der Waals surface area contributed by atoms with Crippen molar-refractivity contribution in [3.63, 3.8) is 0 Å². The van der Waals surface area contributed by atoms with Gasteiger partial charge in [-0.1, -0.05) is 152 Å². The molecule has 2 heterocycles. The molecule has 1 aliphatic rings. The van der Waals surface area contributed by atoms with E-state index in [9.17, 15) is 0 Å². The van der Waals surface area contributed by atoms with Gasteiger partial charge in [-0.3, -0.25) is 0 Å². The summed E-state index contributed by atoms with van der Waals surface area (Å²) in [6, 6.07) is 56.0. The summed E-state index contributed by atoms with van der Waals surface area (Å²) in [6.07, 6.45) is 0. The molecule has 0 N–H and O–H groups in total. The Morgan fingerprint density at radius 3 is 1.32 bits per heavy atom. The lowest BCUT2D eigenvalue weighted by atomic mass is 9.62. The molecule has 0 radical (unpaired) electrons. The number of hydrogen-bond donors (Lipinski definition) is 0. The Kier molecular flexibility index (Phi) is 6.31. The standard InChI is InChI=1S/C40H27N3O/c1-4-16-28(17-5-1)37-41-38(29-18-6-2-7-19-29)43-39(42-37)31-22-10-11-23-32(31)40(30-20-8-3-9-21-30)33-24-12-14-26-35(33)44-36-27-15-13-25-34(36)40/h1-27H. The fourth-order valence-corrected chi connectivity index (χ4v) is 6.37. The molecule has 208 valence electrons. The zero-order valence-corrected chi connectivity index (χ0v) is 23.8. The van der Waals surface area contributed by atoms with Crippen LogP contribution in [0.5, 0.6) is 11.5 Å². The van der Waals surface area contributed by atoms with Crippen LogP contribution in [-0.2, 0) is 5.41 Å². The average Bonchev–Trinajstić information content (AvgIpc) is 3.11. The number of benzene rings is 6. The molecule has 6 aromatic carbocycles. The first-order valence-electron chi connectivity index (χ1n) is 14.7. The minimum Gasteiger partial charge on any atom is -0.457 e. The van der Waals surface area contributed by atoms with Crippen molar-refractivity contribution >= 4 is 0 Å². The predicted molar refractivity (Wildman–Crippen MR) is 175 cm³/mol. The molecule has 0 saturated heterocycles. The van der Waals surface area contributed by atoms with Gasteiger partial charge < -0.3 is 4.74 Å². The van der Waals surface area contributed by atoms with Crippen molar-refractivity contribution in [1.29, 1.82) is 0 Å². The van der Waals surface area contributed by atoms with Gasteiger partial charge in [0.05, 0.1) is 5.41 Å². The molecule has 0 unspecified atom stereocenters. The number of fused-ring (bicyclic) bond motifs is 2. The van der Waals surface area contributed by atoms with Gasteiger partial charge in [-0.15, -0.1) is 0 Å². The zero-order valence-electron chi connectivity index (χ0n) is 23.8. The van der Waals surface area contributed by atoms with E-state index >= 15 is 0 Å². The van der Waals surface area contributed by atoms with Gasteiger partial charge in [-0.25, -0.2) is 15.0 Å². The molecule has 1 aromatic heterocycles. The maximum atomic E-state index is 6.53. The highest BCUT2D eigenvalue weighted by Crippen LogP contribution is 2.56. The second-order valence-electron chi connectivity index (χ2n) is 10.8. The normalized spacial score (nSPS) is 12.9. The van der Waals surface area contributed by atoms with Gasteiger partial charge >= 0.3 is 0 Å². The van der Waals surface area contributed by atoms with Crippen molar-refractivity contribution in [2.45, 2.75) is 5.41 Å². The summed E-state index contributed by atoms with van der Waals surface area (Å²) in [7, 11) is 0. The van der Waals surface area contributed by atoms with Crippen LogP contribution in [0, 0.1) is 0 Å². The molecular weight excluding hydrogens is 538 g/mol. The molecule has 0 fully saturated rings. The first-order chi connectivity index (χ1) is 21.8. The van der Waals surface area contributed by atoms with E-state index in [2.05, 4.69) is 91.0 Å². The van der Waals surface area contributed by atoms with E-state index in [4.69, 9.17) is 19.7 Å². The first kappa shape index (κ1) is 25.8. The van der Waals surface area contributed by atoms with Gasteiger partial charge in [0.25, 0.3) is 0 Å². The lowest BCUT2D eigenvalue weighted by molar-refractivity contribution is 0.434. The van der Waals surface area contributed by atoms with Gasteiger partial charge in [-0.2, -0.15) is 0 Å². The summed E-state index contributed by atoms with van der Waals surface area (Å²) in [5.41, 5.74) is 6.44. The van der Waals surface area contributed by atoms with E-state index in [1.165, 1.54) is 0 Å². The second kappa shape index (κ2) is 10.8. The highest BCUT2D eigenvalue weighted by Gasteiger charge is 2.46. The summed E-state index contributed by atoms with van der Waals surface area (Å²) in [5.74, 6) is 3.53. The maximum Gasteiger partial charge on any atom is 0.164 e. The van der Waals surface area contributed by atoms with Crippen molar-refractivity contribution in [2.24, 2.45) is 0 Å². The minimum atomic E-state index is -0.699. The zero-order chi connectivity index (χ0) is 29.3. The van der Waals surface area contributed by atoms with E-state index < -0.39 is 5.41 Å². The molecule has 7 aromatic rings. The molecule has 4 nitrogen and oxygen atoms in total. The maximum absolute atomic E-state index is 6.53. The van der Waals surface area contributed by atoms with Gasteiger partial charge in [-0.05, 0) is 23.3 Å². The molecular formula is C40H27N3O. The molecule has 0 bridgehead atoms. The smallest absolute Gasteiger partial charge is 0.164 e. The fraction of sp³-hybridized carbons (Fsp3) is 0.0250. The number of ether oxygens (including phenoxy) is 1. The number of para-hydroxylation sites is 2. The monoisotopic (exact) mass is 565 g/mol. The first-order valence-corrected chi connectivity index (χ1v) is 14.7. The lowest BCUT2D eigenvalue weighted by Crippen LogP contribution is -2.34. The lowest BCUT2D eigenvalue weighted by Gasteiger charge is -2.42. The summed E-state index contributed by atoms with van der Waals surface area (Å²) in [4.78, 5) is 15.2. The molecule has 0 atom stereocenters. The Morgan fingerprint density at radius 1 is 0.364 bits per heavy atom. The van der Waals surface area contributed by atoms with E-state index in [0.29, 0.717) is 17.5 Å². The van der Waals surface area contributed by atoms with Crippen LogP contribution < -0.4 is 4.74 Å². The molecule has 8 rings (SSSR count). The Morgan fingerprint density at radius 2 is 0.773 bits per heavy atom. The van der Waals surface area contributed by atoms with Crippen molar-refractivity contribution in [3.05, 3.63) is 186 Å². The number of nitrogens with zero attached hydrogens (tertiary/aromatic N) is 3. The van der Waals surface area contributed by atoms with Crippen molar-refractivity contribution < 1.29 is 4.74 Å². The van der Waals surface area contributed by atoms with Gasteiger partial charge in [0.2, 0.25) is 0 Å². The van der Waals surface area contributed by atoms with Crippen LogP contribution in [-0.4, -0.2) is 15.0 Å². The Bertz CT molecular complexity index is 1990. The summed E-state index contributed by atoms with van der Waals surface area (Å²) in [6.45, 7) is 0. The molecule has 0 amide bonds. The molecule has 0 spiro atoms. The molecule has 44 heavy (non-hydrogen) atoms. The van der Waals surface area contributed by atoms with E-state index in [0.717, 1.165) is 50.4 Å². The van der Waals surface area contributed by atoms with Crippen LogP contribution in [0.15, 0.2) is 164 Å². The number of hydrogen-bond acceptors (Lipinski definition) is 4. The SMILES string of the molecule is c1ccc(-c2nc(-c3ccccc3)nc(-c3ccccc3C3(c4ccccc4)c4ccccc4Oc4ccccc43)n2)cc1. The van der Waals surface area contributed by atoms with E-state index in [1.54, 1.807) is 0 Å². The summed E-state index contributed by atoms with van der Waals surface area (Å²) < 4.78 is 6.53. The third-order valence-electron chi connectivity index (χ3n) is 8.28. The van der Waals surface area contributed by atoms with Gasteiger partial charge in [0, 0.05) is 27.8 Å². The Labute approximate surface area is 256 Å². The van der Waals surface area contributed by atoms with Crippen molar-refractivity contribution in [2.75, 3.05) is 0 Å². The van der Waals surface area contributed by atoms with Crippen LogP contribution >= 0.6 is 0 Å². The quantitative estimate of drug-likeness (QED) is 0.209.